The van der Waals surface area contributed by atoms with E-state index in [1.54, 1.807) is 129 Å². The van der Waals surface area contributed by atoms with Crippen LogP contribution < -0.4 is 36.1 Å². The molecule has 3 aliphatic rings. The van der Waals surface area contributed by atoms with Crippen LogP contribution in [0.5, 0.6) is 17.2 Å². The molecule has 30 heteroatoms. The number of anilines is 2. The van der Waals surface area contributed by atoms with Gasteiger partial charge in [0.2, 0.25) is 23.8 Å². The van der Waals surface area contributed by atoms with Crippen molar-refractivity contribution in [3.05, 3.63) is 287 Å². The van der Waals surface area contributed by atoms with E-state index >= 15 is 0 Å². The molecule has 9 atom stereocenters. The highest BCUT2D eigenvalue weighted by Crippen LogP contribution is 2.44. The highest BCUT2D eigenvalue weighted by Gasteiger charge is 2.43. The van der Waals surface area contributed by atoms with E-state index in [0.717, 1.165) is 91.9 Å². The van der Waals surface area contributed by atoms with Crippen molar-refractivity contribution < 1.29 is 101 Å². The van der Waals surface area contributed by atoms with Crippen molar-refractivity contribution in [1.29, 1.82) is 0 Å². The van der Waals surface area contributed by atoms with Crippen molar-refractivity contribution in [1.82, 2.24) is 30.7 Å². The second kappa shape index (κ2) is 52.4. The van der Waals surface area contributed by atoms with Crippen LogP contribution >= 0.6 is 0 Å². The number of nitrogens with one attached hydrogen (secondary N) is 5. The summed E-state index contributed by atoms with van der Waals surface area (Å²) in [6.07, 6.45) is 4.38. The van der Waals surface area contributed by atoms with Gasteiger partial charge in [-0.05, 0) is 318 Å². The third-order valence-electron chi connectivity index (χ3n) is 26.0. The van der Waals surface area contributed by atoms with Gasteiger partial charge in [-0.25, -0.2) is 28.8 Å². The summed E-state index contributed by atoms with van der Waals surface area (Å²) in [5.41, 5.74) is 5.96. The summed E-state index contributed by atoms with van der Waals surface area (Å²) in [4.78, 5) is 156. The van der Waals surface area contributed by atoms with E-state index in [4.69, 9.17) is 38.6 Å². The maximum atomic E-state index is 13.4. The first-order valence-corrected chi connectivity index (χ1v) is 49.2. The molecular weight excluding hydrogens is 1840 g/mol. The summed E-state index contributed by atoms with van der Waals surface area (Å²) in [7, 11) is 0. The molecule has 3 aliphatic heterocycles. The van der Waals surface area contributed by atoms with Crippen molar-refractivity contribution in [2.45, 2.75) is 202 Å². The van der Waals surface area contributed by atoms with Gasteiger partial charge in [0.15, 0.2) is 0 Å². The third-order valence-corrected chi connectivity index (χ3v) is 26.0. The standard InChI is InChI=1S/C41H53N3O7.C33H37N3O7.C29H40N2O4.C12H13NO3/c1-28-26-44(27-31(23-29-13-10-9-11-14-29)36(46)42-25-35(45)50-39(2,3)4)22-21-41(28,8)32-15-12-16-34(24-32)49-38(48)43-33-19-17-30(18-20-33)37(47)51-40(5,6)7;1-22-20-36(21-25(30(39)34-19-29(37)38)17-23-7-4-3-5-8-23)16-15-33(22,2)26-9-6-10-28(18-26)43-32(42)35-27-13-11-24(12-14-27)31(40)41;1-21-19-31(15-14-29(21,5)24-12-9-13-25(32)17-24)20-23(16-22-10-7-6-8-11-22)27(34)30-18-26(33)35-28(2,3)4;1-12(2,3)16-11(15)9-4-6-10(7-5-9)13-8-14/h9-20,24,28,31H,21-23,25-27H2,1-8H3,(H,42,46)(H,43,48);3-14,18,22,25H,15-17,19-21H2,1-2H3,(H,34,39)(H,35,42)(H,37,38)(H,40,41);6-13,17,21,23,32H,14-16,18-20H2,1-5H3,(H,30,34);4-7H,1-3H3/t28-,31-,41+;22-,25-,33+;21-,23-,29+;/m000./s1. The zero-order valence-electron chi connectivity index (χ0n) is 86.7. The number of carboxylic acids is 2. The number of likely N-dealkylation sites (tertiary alicyclic amines) is 3. The summed E-state index contributed by atoms with van der Waals surface area (Å²) in [6.45, 7) is 40.7. The summed E-state index contributed by atoms with van der Waals surface area (Å²) in [5.74, 6) is -3.56. The molecule has 0 aliphatic carbocycles. The number of phenols is 1. The number of piperidine rings is 3. The quantitative estimate of drug-likeness (QED) is 0.00840. The van der Waals surface area contributed by atoms with Crippen LogP contribution in [0.15, 0.2) is 242 Å². The number of rotatable bonds is 32. The number of carboxylic acid groups (broad SMARTS) is 2. The second-order valence-corrected chi connectivity index (χ2v) is 42.2. The number of aliphatic imine (C=N–C) groups is 1. The Bertz CT molecular complexity index is 5900. The Balaban J connectivity index is 0.000000227. The topological polar surface area (TPSA) is 403 Å². The third kappa shape index (κ3) is 37.5. The van der Waals surface area contributed by atoms with Gasteiger partial charge in [-0.1, -0.05) is 169 Å². The summed E-state index contributed by atoms with van der Waals surface area (Å²) in [6, 6.07) is 70.8. The van der Waals surface area contributed by atoms with Crippen LogP contribution in [0, 0.1) is 35.5 Å². The molecular formula is C115H143N9O21. The molecule has 0 spiro atoms. The molecule has 3 heterocycles. The minimum Gasteiger partial charge on any atom is -0.508 e. The number of ether oxygens (including phenoxy) is 6. The van der Waals surface area contributed by atoms with Crippen molar-refractivity contribution in [3.63, 3.8) is 0 Å². The van der Waals surface area contributed by atoms with Gasteiger partial charge in [0, 0.05) is 50.6 Å². The number of carbonyl (C=O) groups excluding carboxylic acids is 10. The molecule has 0 radical (unpaired) electrons. The highest BCUT2D eigenvalue weighted by molar-refractivity contribution is 5.93. The lowest BCUT2D eigenvalue weighted by atomic mass is 9.68. The number of aromatic hydroxyl groups is 1. The molecule has 5 amide bonds. The monoisotopic (exact) mass is 1990 g/mol. The maximum absolute atomic E-state index is 13.4. The molecule has 9 aromatic rings. The first-order valence-electron chi connectivity index (χ1n) is 49.2. The number of esters is 4. The van der Waals surface area contributed by atoms with Crippen LogP contribution in [0.2, 0.25) is 0 Å². The van der Waals surface area contributed by atoms with Gasteiger partial charge in [-0.2, -0.15) is 4.99 Å². The molecule has 0 unspecified atom stereocenters. The molecule has 0 saturated carbocycles. The predicted octanol–water partition coefficient (Wildman–Crippen LogP) is 18.7. The zero-order valence-corrected chi connectivity index (χ0v) is 86.7. The van der Waals surface area contributed by atoms with Crippen LogP contribution in [0.25, 0.3) is 0 Å². The van der Waals surface area contributed by atoms with Crippen LogP contribution in [0.1, 0.15) is 208 Å². The maximum Gasteiger partial charge on any atom is 0.417 e. The Hall–Kier alpha value is -14.2. The number of benzene rings is 9. The van der Waals surface area contributed by atoms with Gasteiger partial charge >= 0.3 is 48.0 Å². The van der Waals surface area contributed by atoms with Gasteiger partial charge in [-0.3, -0.25) is 39.4 Å². The largest absolute Gasteiger partial charge is 0.508 e. The van der Waals surface area contributed by atoms with Crippen molar-refractivity contribution in [2.75, 3.05) is 89.2 Å². The number of aliphatic carboxylic acids is 1. The van der Waals surface area contributed by atoms with Crippen LogP contribution in [-0.4, -0.2) is 203 Å². The van der Waals surface area contributed by atoms with Crippen LogP contribution in [0.3, 0.4) is 0 Å². The molecule has 12 rings (SSSR count). The zero-order chi connectivity index (χ0) is 106. The number of isocyanates is 1. The predicted molar refractivity (Wildman–Crippen MR) is 557 cm³/mol. The Labute approximate surface area is 851 Å². The molecule has 30 nitrogen and oxygen atoms in total. The van der Waals surface area contributed by atoms with Gasteiger partial charge in [0.1, 0.15) is 59.3 Å². The Morgan fingerprint density at radius 2 is 0.703 bits per heavy atom. The fraction of sp³-hybridized carbons (Fsp3) is 0.426. The number of carbonyl (C=O) groups is 11. The molecule has 0 bridgehead atoms. The molecule has 774 valence electrons. The van der Waals surface area contributed by atoms with E-state index in [2.05, 4.69) is 100.0 Å². The van der Waals surface area contributed by atoms with Crippen LogP contribution in [0.4, 0.5) is 26.7 Å². The van der Waals surface area contributed by atoms with Gasteiger partial charge in [-0.15, -0.1) is 0 Å². The van der Waals surface area contributed by atoms with E-state index in [1.165, 1.54) is 30.3 Å². The summed E-state index contributed by atoms with van der Waals surface area (Å²) < 4.78 is 32.5. The van der Waals surface area contributed by atoms with Gasteiger partial charge in [0.05, 0.1) is 40.1 Å². The van der Waals surface area contributed by atoms with E-state index in [9.17, 15) is 62.6 Å². The smallest absolute Gasteiger partial charge is 0.417 e. The molecule has 8 N–H and O–H groups in total. The van der Waals surface area contributed by atoms with Crippen molar-refractivity contribution >= 4 is 88.9 Å². The van der Waals surface area contributed by atoms with E-state index < -0.39 is 82.9 Å². The number of amides is 5. The Morgan fingerprint density at radius 3 is 1.01 bits per heavy atom. The van der Waals surface area contributed by atoms with E-state index in [1.807, 2.05) is 154 Å². The number of nitrogens with zero attached hydrogens (tertiary/aromatic N) is 4. The van der Waals surface area contributed by atoms with Crippen molar-refractivity contribution in [2.24, 2.45) is 40.5 Å². The lowest BCUT2D eigenvalue weighted by Crippen LogP contribution is -2.50. The van der Waals surface area contributed by atoms with E-state index in [0.29, 0.717) is 90.3 Å². The lowest BCUT2D eigenvalue weighted by molar-refractivity contribution is -0.155. The number of hydrogen-bond acceptors (Lipinski definition) is 23. The lowest BCUT2D eigenvalue weighted by Gasteiger charge is -2.45. The molecule has 9 aromatic carbocycles. The number of aromatic carboxylic acids is 1. The fourth-order valence-corrected chi connectivity index (χ4v) is 17.7. The van der Waals surface area contributed by atoms with E-state index in [-0.39, 0.29) is 76.3 Å². The highest BCUT2D eigenvalue weighted by atomic mass is 16.6. The average Bonchev–Trinajstić information content (AvgIpc) is 0.784. The Kier molecular flexibility index (Phi) is 41.3. The fourth-order valence-electron chi connectivity index (χ4n) is 17.7. The first kappa shape index (κ1) is 114. The minimum absolute atomic E-state index is 0.0386. The number of hydrogen-bond donors (Lipinski definition) is 8. The Morgan fingerprint density at radius 1 is 0.393 bits per heavy atom. The minimum atomic E-state index is -1.08. The first-order chi connectivity index (χ1) is 68.3. The van der Waals surface area contributed by atoms with Crippen molar-refractivity contribution in [3.8, 4) is 17.2 Å². The molecule has 145 heavy (non-hydrogen) atoms. The molecule has 3 saturated heterocycles. The average molecular weight is 1990 g/mol. The van der Waals surface area contributed by atoms with Crippen LogP contribution in [-0.2, 0) is 88.0 Å². The van der Waals surface area contributed by atoms with Gasteiger partial charge in [0.25, 0.3) is 0 Å². The normalized spacial score (nSPS) is 18.6. The molecule has 3 fully saturated rings. The second-order valence-electron chi connectivity index (χ2n) is 42.2. The summed E-state index contributed by atoms with van der Waals surface area (Å²) in [5, 5.41) is 41.6. The van der Waals surface area contributed by atoms with Gasteiger partial charge < -0.3 is 74.4 Å². The SMILES string of the molecule is CC(C)(C)OC(=O)c1ccc(N=C=O)cc1.C[C@H]1CN(C[C@H](Cc2ccccc2)C(=O)NCC(=O)O)CC[C@@]1(C)c1cccc(OC(=O)Nc2ccc(C(=O)O)cc2)c1.C[C@H]1CN(C[C@H](Cc2ccccc2)C(=O)NCC(=O)OC(C)(C)C)CC[C@@]1(C)c1cccc(O)c1.C[C@H]1CN(C[C@H](Cc2ccccc2)C(=O)NCC(=O)OC(C)(C)C)CC[C@@]1(C)c1cccc(OC(=O)Nc2ccc(C(=O)OC(C)(C)C)cc2)c1. The molecule has 0 aromatic heterocycles. The summed E-state index contributed by atoms with van der Waals surface area (Å²) >= 11 is 0. The number of phenolic OH excluding ortho intramolecular Hbond substituents is 1.